The van der Waals surface area contributed by atoms with Gasteiger partial charge in [0.05, 0.1) is 18.2 Å². The van der Waals surface area contributed by atoms with Crippen molar-refractivity contribution >= 4 is 5.91 Å². The molecule has 0 radical (unpaired) electrons. The molecule has 1 aliphatic rings. The Balaban J connectivity index is 2.47. The van der Waals surface area contributed by atoms with Gasteiger partial charge in [0.15, 0.2) is 0 Å². The van der Waals surface area contributed by atoms with E-state index in [9.17, 15) is 18.0 Å². The molecule has 2 rings (SSSR count). The molecule has 0 bridgehead atoms. The van der Waals surface area contributed by atoms with Gasteiger partial charge in [-0.3, -0.25) is 9.69 Å². The number of nitrogens with zero attached hydrogens (tertiary/aromatic N) is 2. The molecule has 0 aromatic heterocycles. The van der Waals surface area contributed by atoms with Crippen molar-refractivity contribution in [1.29, 1.82) is 5.26 Å². The van der Waals surface area contributed by atoms with Crippen LogP contribution in [0.1, 0.15) is 17.2 Å². The van der Waals surface area contributed by atoms with Crippen LogP contribution in [0.3, 0.4) is 0 Å². The number of nitriles is 1. The molecule has 1 N–H and O–H groups in total. The Morgan fingerprint density at radius 3 is 2.75 bits per heavy atom. The van der Waals surface area contributed by atoms with E-state index in [1.54, 1.807) is 0 Å². The molecule has 1 aromatic rings. The Labute approximate surface area is 113 Å². The fourth-order valence-corrected chi connectivity index (χ4v) is 2.31. The predicted molar refractivity (Wildman–Crippen MR) is 64.4 cm³/mol. The van der Waals surface area contributed by atoms with Crippen LogP contribution in [-0.4, -0.2) is 30.4 Å². The van der Waals surface area contributed by atoms with E-state index in [1.165, 1.54) is 23.1 Å². The van der Waals surface area contributed by atoms with Crippen LogP contribution in [-0.2, 0) is 11.0 Å². The van der Waals surface area contributed by atoms with Crippen molar-refractivity contribution < 1.29 is 18.0 Å². The van der Waals surface area contributed by atoms with E-state index in [0.29, 0.717) is 13.1 Å². The second-order valence-corrected chi connectivity index (χ2v) is 4.41. The Morgan fingerprint density at radius 1 is 1.40 bits per heavy atom. The molecule has 20 heavy (non-hydrogen) atoms. The van der Waals surface area contributed by atoms with Gasteiger partial charge in [0, 0.05) is 13.1 Å². The average molecular weight is 283 g/mol. The normalized spacial score (nSPS) is 20.3. The topological polar surface area (TPSA) is 56.1 Å². The molecule has 0 spiro atoms. The Kier molecular flexibility index (Phi) is 3.95. The number of carbonyl (C=O) groups excluding carboxylic acids is 1. The first-order valence-corrected chi connectivity index (χ1v) is 6.00. The summed E-state index contributed by atoms with van der Waals surface area (Å²) >= 11 is 0. The molecule has 1 aromatic carbocycles. The Bertz CT molecular complexity index is 551. The highest BCUT2D eigenvalue weighted by Gasteiger charge is 2.39. The number of alkyl halides is 3. The standard InChI is InChI=1S/C13H12F3N3O/c14-13(15,16)10-4-2-1-3-9(10)11-12(20)18-6-8-19(11)7-5-17/h1-4,11H,6-8H2,(H,18,20)/t11-/m0/s1. The van der Waals surface area contributed by atoms with Crippen LogP contribution in [0.5, 0.6) is 0 Å². The predicted octanol–water partition coefficient (Wildman–Crippen LogP) is 1.70. The lowest BCUT2D eigenvalue weighted by molar-refractivity contribution is -0.140. The minimum atomic E-state index is -4.54. The van der Waals surface area contributed by atoms with Crippen molar-refractivity contribution in [2.75, 3.05) is 19.6 Å². The first-order valence-electron chi connectivity index (χ1n) is 6.00. The van der Waals surface area contributed by atoms with E-state index in [4.69, 9.17) is 5.26 Å². The molecule has 1 aliphatic heterocycles. The van der Waals surface area contributed by atoms with Crippen molar-refractivity contribution in [1.82, 2.24) is 10.2 Å². The zero-order valence-corrected chi connectivity index (χ0v) is 10.4. The maximum atomic E-state index is 13.0. The smallest absolute Gasteiger partial charge is 0.353 e. The number of piperazine rings is 1. The summed E-state index contributed by atoms with van der Waals surface area (Å²) in [7, 11) is 0. The highest BCUT2D eigenvalue weighted by atomic mass is 19.4. The highest BCUT2D eigenvalue weighted by molar-refractivity contribution is 5.84. The summed E-state index contributed by atoms with van der Waals surface area (Å²) in [5, 5.41) is 11.3. The number of carbonyl (C=O) groups is 1. The molecule has 106 valence electrons. The second kappa shape index (κ2) is 5.51. The third-order valence-corrected chi connectivity index (χ3v) is 3.15. The first kappa shape index (κ1) is 14.3. The van der Waals surface area contributed by atoms with E-state index < -0.39 is 23.7 Å². The van der Waals surface area contributed by atoms with Crippen molar-refractivity contribution in [2.24, 2.45) is 0 Å². The minimum absolute atomic E-state index is 0.0930. The number of amides is 1. The molecule has 1 amide bonds. The minimum Gasteiger partial charge on any atom is -0.353 e. The van der Waals surface area contributed by atoms with Crippen LogP contribution >= 0.6 is 0 Å². The number of halogens is 3. The van der Waals surface area contributed by atoms with E-state index in [-0.39, 0.29) is 12.1 Å². The summed E-state index contributed by atoms with van der Waals surface area (Å²) in [5.41, 5.74) is -0.961. The van der Waals surface area contributed by atoms with Gasteiger partial charge in [0.25, 0.3) is 0 Å². The van der Waals surface area contributed by atoms with Crippen molar-refractivity contribution in [3.63, 3.8) is 0 Å². The molecule has 1 atom stereocenters. The maximum absolute atomic E-state index is 13.0. The Morgan fingerprint density at radius 2 is 2.10 bits per heavy atom. The molecule has 7 heteroatoms. The van der Waals surface area contributed by atoms with Crippen molar-refractivity contribution in [3.8, 4) is 6.07 Å². The third kappa shape index (κ3) is 2.75. The van der Waals surface area contributed by atoms with Gasteiger partial charge in [-0.2, -0.15) is 18.4 Å². The summed E-state index contributed by atoms with van der Waals surface area (Å²) < 4.78 is 39.1. The summed E-state index contributed by atoms with van der Waals surface area (Å²) in [5.74, 6) is -0.511. The lowest BCUT2D eigenvalue weighted by atomic mass is 9.96. The molecule has 1 saturated heterocycles. The molecule has 1 heterocycles. The van der Waals surface area contributed by atoms with Crippen LogP contribution in [0.4, 0.5) is 13.2 Å². The maximum Gasteiger partial charge on any atom is 0.416 e. The number of hydrogen-bond donors (Lipinski definition) is 1. The number of hydrogen-bond acceptors (Lipinski definition) is 3. The largest absolute Gasteiger partial charge is 0.416 e. The van der Waals surface area contributed by atoms with Crippen LogP contribution < -0.4 is 5.32 Å². The summed E-state index contributed by atoms with van der Waals surface area (Å²) in [4.78, 5) is 13.4. The fraction of sp³-hybridized carbons (Fsp3) is 0.385. The van der Waals surface area contributed by atoms with Crippen LogP contribution in [0.25, 0.3) is 0 Å². The highest BCUT2D eigenvalue weighted by Crippen LogP contribution is 2.36. The van der Waals surface area contributed by atoms with Gasteiger partial charge < -0.3 is 5.32 Å². The number of rotatable bonds is 2. The van der Waals surface area contributed by atoms with Gasteiger partial charge in [0.2, 0.25) is 5.91 Å². The van der Waals surface area contributed by atoms with Crippen molar-refractivity contribution in [3.05, 3.63) is 35.4 Å². The Hall–Kier alpha value is -2.07. The molecular formula is C13H12F3N3O. The zero-order chi connectivity index (χ0) is 14.8. The van der Waals surface area contributed by atoms with Gasteiger partial charge in [-0.25, -0.2) is 0 Å². The number of benzene rings is 1. The van der Waals surface area contributed by atoms with Gasteiger partial charge in [0.1, 0.15) is 6.04 Å². The summed E-state index contributed by atoms with van der Waals surface area (Å²) in [6, 6.07) is 5.76. The second-order valence-electron chi connectivity index (χ2n) is 4.41. The van der Waals surface area contributed by atoms with Crippen LogP contribution in [0.2, 0.25) is 0 Å². The molecular weight excluding hydrogens is 271 g/mol. The van der Waals surface area contributed by atoms with Gasteiger partial charge in [-0.1, -0.05) is 18.2 Å². The monoisotopic (exact) mass is 283 g/mol. The average Bonchev–Trinajstić information content (AvgIpc) is 2.38. The van der Waals surface area contributed by atoms with E-state index in [0.717, 1.165) is 6.07 Å². The van der Waals surface area contributed by atoms with Gasteiger partial charge in [-0.15, -0.1) is 0 Å². The zero-order valence-electron chi connectivity index (χ0n) is 10.4. The summed E-state index contributed by atoms with van der Waals surface area (Å²) in [6.45, 7) is 0.575. The van der Waals surface area contributed by atoms with E-state index >= 15 is 0 Å². The molecule has 0 unspecified atom stereocenters. The van der Waals surface area contributed by atoms with E-state index in [1.807, 2.05) is 6.07 Å². The molecule has 0 aliphatic carbocycles. The SMILES string of the molecule is N#CCN1CCNC(=O)[C@@H]1c1ccccc1C(F)(F)F. The first-order chi connectivity index (χ1) is 9.45. The van der Waals surface area contributed by atoms with Gasteiger partial charge >= 0.3 is 6.18 Å². The summed E-state index contributed by atoms with van der Waals surface area (Å²) in [6.07, 6.45) is -4.54. The third-order valence-electron chi connectivity index (χ3n) is 3.15. The van der Waals surface area contributed by atoms with Crippen molar-refractivity contribution in [2.45, 2.75) is 12.2 Å². The molecule has 4 nitrogen and oxygen atoms in total. The van der Waals surface area contributed by atoms with Gasteiger partial charge in [-0.05, 0) is 11.6 Å². The molecule has 0 saturated carbocycles. The molecule has 1 fully saturated rings. The van der Waals surface area contributed by atoms with Crippen LogP contribution in [0, 0.1) is 11.3 Å². The fourth-order valence-electron chi connectivity index (χ4n) is 2.31. The lowest BCUT2D eigenvalue weighted by Crippen LogP contribution is -2.50. The quantitative estimate of drug-likeness (QED) is 0.841. The van der Waals surface area contributed by atoms with Crippen LogP contribution in [0.15, 0.2) is 24.3 Å². The number of nitrogens with one attached hydrogen (secondary N) is 1. The lowest BCUT2D eigenvalue weighted by Gasteiger charge is -2.34. The van der Waals surface area contributed by atoms with E-state index in [2.05, 4.69) is 5.32 Å².